The Morgan fingerprint density at radius 1 is 1.03 bits per heavy atom. The van der Waals surface area contributed by atoms with Crippen molar-refractivity contribution in [3.05, 3.63) is 53.6 Å². The number of sulfone groups is 1. The minimum absolute atomic E-state index is 0.248. The number of unbranched alkanes of at least 4 members (excludes halogenated alkanes) is 2. The number of fused-ring (bicyclic) bond motifs is 1. The molecule has 6 heteroatoms. The number of nitrogens with zero attached hydrogens (tertiary/aromatic N) is 1. The monoisotopic (exact) mass is 473 g/mol. The fraction of sp³-hybridized carbons (Fsp3) is 0.556. The summed E-state index contributed by atoms with van der Waals surface area (Å²) in [6.45, 7) is 4.18. The Kier molecular flexibility index (Phi) is 8.12. The lowest BCUT2D eigenvalue weighted by molar-refractivity contribution is 0.127. The molecule has 0 radical (unpaired) electrons. The van der Waals surface area contributed by atoms with Crippen molar-refractivity contribution in [3.8, 4) is 5.75 Å². The highest BCUT2D eigenvalue weighted by molar-refractivity contribution is 7.93. The molecule has 33 heavy (non-hydrogen) atoms. The molecule has 1 heterocycles. The first-order chi connectivity index (χ1) is 15.7. The number of methoxy groups -OCH3 is 1. The van der Waals surface area contributed by atoms with Crippen LogP contribution in [0.1, 0.15) is 75.8 Å². The van der Waals surface area contributed by atoms with Crippen molar-refractivity contribution in [1.82, 2.24) is 0 Å². The highest BCUT2D eigenvalue weighted by atomic mass is 32.2. The number of hydrogen-bond donors (Lipinski definition) is 1. The average molecular weight is 474 g/mol. The van der Waals surface area contributed by atoms with Crippen LogP contribution in [-0.2, 0) is 9.84 Å². The smallest absolute Gasteiger partial charge is 0.184 e. The molecular formula is C27H39NO4S. The van der Waals surface area contributed by atoms with Gasteiger partial charge in [0, 0.05) is 25.7 Å². The number of hydrogen-bond acceptors (Lipinski definition) is 5. The summed E-state index contributed by atoms with van der Waals surface area (Å²) in [7, 11) is 1.85. The Balaban J connectivity index is 2.27. The summed E-state index contributed by atoms with van der Waals surface area (Å²) in [5.74, 6) is 0.308. The fourth-order valence-corrected chi connectivity index (χ4v) is 7.59. The van der Waals surface area contributed by atoms with Crippen molar-refractivity contribution < 1.29 is 18.3 Å². The van der Waals surface area contributed by atoms with Gasteiger partial charge >= 0.3 is 0 Å². The molecule has 2 unspecified atom stereocenters. The summed E-state index contributed by atoms with van der Waals surface area (Å²) in [5.41, 5.74) is 2.51. The van der Waals surface area contributed by atoms with Crippen molar-refractivity contribution >= 4 is 15.5 Å². The Labute approximate surface area is 199 Å². The molecule has 0 aliphatic carbocycles. The maximum Gasteiger partial charge on any atom is 0.184 e. The molecule has 0 amide bonds. The van der Waals surface area contributed by atoms with E-state index >= 15 is 0 Å². The highest BCUT2D eigenvalue weighted by Gasteiger charge is 2.50. The number of benzene rings is 2. The van der Waals surface area contributed by atoms with Gasteiger partial charge in [0.25, 0.3) is 0 Å². The average Bonchev–Trinajstić information content (AvgIpc) is 2.87. The van der Waals surface area contributed by atoms with Crippen LogP contribution in [0.2, 0.25) is 0 Å². The van der Waals surface area contributed by atoms with Crippen LogP contribution in [0.5, 0.6) is 5.75 Å². The second kappa shape index (κ2) is 10.5. The van der Waals surface area contributed by atoms with Gasteiger partial charge in [0.15, 0.2) is 9.84 Å². The Hall–Kier alpha value is -2.05. The number of anilines is 1. The van der Waals surface area contributed by atoms with E-state index in [0.29, 0.717) is 23.3 Å². The van der Waals surface area contributed by atoms with E-state index < -0.39 is 26.6 Å². The zero-order valence-corrected chi connectivity index (χ0v) is 21.5. The van der Waals surface area contributed by atoms with Crippen LogP contribution in [0, 0.1) is 0 Å². The van der Waals surface area contributed by atoms with Crippen LogP contribution in [0.4, 0.5) is 5.69 Å². The SMILES string of the molecule is CCCCC1(CCCC)CC(O)C(c2ccc(OC)cc2)c2cc(N(C)C)ccc2S1(=O)=O. The van der Waals surface area contributed by atoms with Crippen LogP contribution in [-0.4, -0.2) is 45.6 Å². The van der Waals surface area contributed by atoms with Crippen molar-refractivity contribution in [2.45, 2.75) is 80.5 Å². The Morgan fingerprint density at radius 3 is 2.15 bits per heavy atom. The van der Waals surface area contributed by atoms with Crippen molar-refractivity contribution in [1.29, 1.82) is 0 Å². The lowest BCUT2D eigenvalue weighted by Crippen LogP contribution is -2.41. The number of aliphatic hydroxyl groups excluding tert-OH is 1. The highest BCUT2D eigenvalue weighted by Crippen LogP contribution is 2.49. The summed E-state index contributed by atoms with van der Waals surface area (Å²) >= 11 is 0. The molecule has 1 aliphatic heterocycles. The summed E-state index contributed by atoms with van der Waals surface area (Å²) in [5, 5.41) is 11.7. The number of rotatable bonds is 9. The van der Waals surface area contributed by atoms with Gasteiger partial charge in [0.1, 0.15) is 5.75 Å². The molecule has 0 bridgehead atoms. The Bertz CT molecular complexity index is 1020. The van der Waals surface area contributed by atoms with E-state index in [9.17, 15) is 13.5 Å². The fourth-order valence-electron chi connectivity index (χ4n) is 5.16. The molecule has 0 saturated carbocycles. The second-order valence-electron chi connectivity index (χ2n) is 9.53. The number of aliphatic hydroxyl groups is 1. The van der Waals surface area contributed by atoms with Crippen LogP contribution < -0.4 is 9.64 Å². The van der Waals surface area contributed by atoms with Crippen LogP contribution >= 0.6 is 0 Å². The topological polar surface area (TPSA) is 66.8 Å². The summed E-state index contributed by atoms with van der Waals surface area (Å²) in [6, 6.07) is 13.2. The van der Waals surface area contributed by atoms with E-state index in [1.807, 2.05) is 55.4 Å². The maximum atomic E-state index is 14.3. The van der Waals surface area contributed by atoms with Crippen molar-refractivity contribution in [3.63, 3.8) is 0 Å². The minimum atomic E-state index is -3.66. The summed E-state index contributed by atoms with van der Waals surface area (Å²) in [4.78, 5) is 2.34. The van der Waals surface area contributed by atoms with E-state index in [-0.39, 0.29) is 6.42 Å². The molecule has 182 valence electrons. The molecule has 2 aromatic rings. The molecule has 0 aromatic heterocycles. The third-order valence-corrected chi connectivity index (χ3v) is 9.78. The number of ether oxygens (including phenoxy) is 1. The predicted octanol–water partition coefficient (Wildman–Crippen LogP) is 5.55. The van der Waals surface area contributed by atoms with E-state index in [4.69, 9.17) is 4.74 Å². The van der Waals surface area contributed by atoms with Gasteiger partial charge in [0.2, 0.25) is 0 Å². The first-order valence-electron chi connectivity index (χ1n) is 12.1. The van der Waals surface area contributed by atoms with Crippen LogP contribution in [0.3, 0.4) is 0 Å². The minimum Gasteiger partial charge on any atom is -0.497 e. The molecule has 1 aliphatic rings. The lowest BCUT2D eigenvalue weighted by Gasteiger charge is -2.34. The molecular weight excluding hydrogens is 434 g/mol. The third-order valence-electron chi connectivity index (χ3n) is 7.12. The van der Waals surface area contributed by atoms with Crippen molar-refractivity contribution in [2.24, 2.45) is 0 Å². The van der Waals surface area contributed by atoms with E-state index in [1.165, 1.54) is 0 Å². The zero-order valence-electron chi connectivity index (χ0n) is 20.7. The molecule has 0 fully saturated rings. The van der Waals surface area contributed by atoms with E-state index in [1.54, 1.807) is 13.2 Å². The standard InChI is InChI=1S/C27H39NO4S/c1-6-8-16-27(17-9-7-2)19-24(29)26(20-10-13-22(32-5)14-11-20)23-18-21(28(3)4)12-15-25(23)33(27,30)31/h10-15,18,24,26,29H,6-9,16-17,19H2,1-5H3. The largest absolute Gasteiger partial charge is 0.497 e. The maximum absolute atomic E-state index is 14.3. The van der Waals surface area contributed by atoms with Crippen LogP contribution in [0.15, 0.2) is 47.4 Å². The van der Waals surface area contributed by atoms with Gasteiger partial charge in [-0.15, -0.1) is 0 Å². The van der Waals surface area contributed by atoms with Gasteiger partial charge in [-0.1, -0.05) is 51.7 Å². The van der Waals surface area contributed by atoms with Gasteiger partial charge in [-0.05, 0) is 60.7 Å². The normalized spacial score (nSPS) is 21.2. The van der Waals surface area contributed by atoms with E-state index in [0.717, 1.165) is 42.7 Å². The lowest BCUT2D eigenvalue weighted by atomic mass is 9.80. The molecule has 3 rings (SSSR count). The van der Waals surface area contributed by atoms with Crippen molar-refractivity contribution in [2.75, 3.05) is 26.1 Å². The van der Waals surface area contributed by atoms with Gasteiger partial charge in [-0.2, -0.15) is 0 Å². The first kappa shape index (κ1) is 25.6. The molecule has 1 N–H and O–H groups in total. The third kappa shape index (κ3) is 4.92. The van der Waals surface area contributed by atoms with Gasteiger partial charge < -0.3 is 14.7 Å². The Morgan fingerprint density at radius 2 is 1.64 bits per heavy atom. The zero-order chi connectivity index (χ0) is 24.2. The quantitative estimate of drug-likeness (QED) is 0.517. The summed E-state index contributed by atoms with van der Waals surface area (Å²) < 4.78 is 33.0. The van der Waals surface area contributed by atoms with Gasteiger partial charge in [-0.3, -0.25) is 0 Å². The van der Waals surface area contributed by atoms with Gasteiger partial charge in [0.05, 0.1) is 22.9 Å². The second-order valence-corrected chi connectivity index (χ2v) is 11.8. The molecule has 2 atom stereocenters. The molecule has 0 saturated heterocycles. The molecule has 0 spiro atoms. The summed E-state index contributed by atoms with van der Waals surface area (Å²) in [6.07, 6.45) is 4.10. The predicted molar refractivity (Wildman–Crippen MR) is 135 cm³/mol. The van der Waals surface area contributed by atoms with E-state index in [2.05, 4.69) is 13.8 Å². The molecule has 5 nitrogen and oxygen atoms in total. The van der Waals surface area contributed by atoms with Gasteiger partial charge in [-0.25, -0.2) is 8.42 Å². The van der Waals surface area contributed by atoms with Crippen LogP contribution in [0.25, 0.3) is 0 Å². The molecule has 2 aromatic carbocycles. The first-order valence-corrected chi connectivity index (χ1v) is 13.6.